The zero-order valence-corrected chi connectivity index (χ0v) is 13.3. The molecule has 2 N–H and O–H groups in total. The average molecular weight is 311 g/mol. The predicted molar refractivity (Wildman–Crippen MR) is 84.7 cm³/mol. The molecule has 0 radical (unpaired) electrons. The van der Waals surface area contributed by atoms with Crippen molar-refractivity contribution in [2.45, 2.75) is 37.8 Å². The van der Waals surface area contributed by atoms with Crippen LogP contribution in [0.2, 0.25) is 5.02 Å². The lowest BCUT2D eigenvalue weighted by molar-refractivity contribution is -0.123. The van der Waals surface area contributed by atoms with E-state index in [-0.39, 0.29) is 11.9 Å². The Balaban J connectivity index is 1.71. The molecule has 0 saturated heterocycles. The summed E-state index contributed by atoms with van der Waals surface area (Å²) in [5, 5.41) is 7.00. The maximum atomic E-state index is 11.8. The van der Waals surface area contributed by atoms with Gasteiger partial charge in [-0.3, -0.25) is 4.79 Å². The topological polar surface area (TPSA) is 50.4 Å². The molecule has 0 heterocycles. The van der Waals surface area contributed by atoms with E-state index < -0.39 is 0 Å². The van der Waals surface area contributed by atoms with E-state index in [9.17, 15) is 4.79 Å². The molecule has 4 nitrogen and oxygen atoms in total. The van der Waals surface area contributed by atoms with Crippen molar-refractivity contribution in [3.05, 3.63) is 34.9 Å². The predicted octanol–water partition coefficient (Wildman–Crippen LogP) is 2.33. The first kappa shape index (κ1) is 16.3. The molecule has 116 valence electrons. The van der Waals surface area contributed by atoms with E-state index in [0.29, 0.717) is 25.1 Å². The van der Waals surface area contributed by atoms with E-state index >= 15 is 0 Å². The Labute approximate surface area is 131 Å². The first-order chi connectivity index (χ1) is 10.1. The van der Waals surface area contributed by atoms with Gasteiger partial charge in [0.05, 0.1) is 12.6 Å². The molecule has 1 aromatic carbocycles. The van der Waals surface area contributed by atoms with Crippen molar-refractivity contribution in [3.8, 4) is 0 Å². The molecule has 5 heteroatoms. The second-order valence-corrected chi connectivity index (χ2v) is 6.03. The normalized spacial score (nSPS) is 22.4. The minimum atomic E-state index is -0.174. The Bertz CT molecular complexity index is 475. The van der Waals surface area contributed by atoms with Gasteiger partial charge in [0.1, 0.15) is 0 Å². The minimum Gasteiger partial charge on any atom is -0.383 e. The average Bonchev–Trinajstić information content (AvgIpc) is 2.42. The van der Waals surface area contributed by atoms with Gasteiger partial charge >= 0.3 is 0 Å². The van der Waals surface area contributed by atoms with E-state index in [1.54, 1.807) is 7.11 Å². The van der Waals surface area contributed by atoms with Crippen LogP contribution in [0.5, 0.6) is 0 Å². The van der Waals surface area contributed by atoms with Crippen LogP contribution in [0.25, 0.3) is 0 Å². The Morgan fingerprint density at radius 3 is 2.90 bits per heavy atom. The largest absolute Gasteiger partial charge is 0.383 e. The number of amides is 1. The van der Waals surface area contributed by atoms with Gasteiger partial charge in [-0.15, -0.1) is 0 Å². The molecule has 1 aromatic rings. The van der Waals surface area contributed by atoms with Crippen molar-refractivity contribution in [3.63, 3.8) is 0 Å². The summed E-state index contributed by atoms with van der Waals surface area (Å²) in [6, 6.07) is 8.26. The van der Waals surface area contributed by atoms with Crippen LogP contribution in [0.3, 0.4) is 0 Å². The SMILES string of the molecule is COCCNC(=O)C(C)NC1CC(c2cccc(Cl)c2)C1. The molecule has 1 unspecified atom stereocenters. The third-order valence-electron chi connectivity index (χ3n) is 3.94. The number of ether oxygens (including phenoxy) is 1. The van der Waals surface area contributed by atoms with Crippen molar-refractivity contribution in [1.29, 1.82) is 0 Å². The van der Waals surface area contributed by atoms with Crippen molar-refractivity contribution < 1.29 is 9.53 Å². The van der Waals surface area contributed by atoms with Crippen LogP contribution in [-0.2, 0) is 9.53 Å². The van der Waals surface area contributed by atoms with E-state index in [2.05, 4.69) is 16.7 Å². The Hall–Kier alpha value is -1.10. The van der Waals surface area contributed by atoms with Gasteiger partial charge in [0.2, 0.25) is 5.91 Å². The highest BCUT2D eigenvalue weighted by Gasteiger charge is 2.32. The number of benzene rings is 1. The Kier molecular flexibility index (Phi) is 6.03. The van der Waals surface area contributed by atoms with Crippen molar-refractivity contribution in [2.24, 2.45) is 0 Å². The van der Waals surface area contributed by atoms with Gasteiger partial charge in [-0.2, -0.15) is 0 Å². The molecule has 1 saturated carbocycles. The highest BCUT2D eigenvalue weighted by atomic mass is 35.5. The van der Waals surface area contributed by atoms with Crippen molar-refractivity contribution in [2.75, 3.05) is 20.3 Å². The van der Waals surface area contributed by atoms with Crippen LogP contribution in [-0.4, -0.2) is 38.3 Å². The van der Waals surface area contributed by atoms with Crippen LogP contribution in [0.1, 0.15) is 31.2 Å². The van der Waals surface area contributed by atoms with E-state index in [0.717, 1.165) is 17.9 Å². The smallest absolute Gasteiger partial charge is 0.236 e. The van der Waals surface area contributed by atoms with Crippen LogP contribution in [0.15, 0.2) is 24.3 Å². The maximum Gasteiger partial charge on any atom is 0.236 e. The van der Waals surface area contributed by atoms with Gasteiger partial charge < -0.3 is 15.4 Å². The Morgan fingerprint density at radius 2 is 2.24 bits per heavy atom. The summed E-state index contributed by atoms with van der Waals surface area (Å²) in [4.78, 5) is 11.8. The first-order valence-electron chi connectivity index (χ1n) is 7.38. The summed E-state index contributed by atoms with van der Waals surface area (Å²) >= 11 is 6.01. The molecule has 0 aromatic heterocycles. The number of hydrogen-bond donors (Lipinski definition) is 2. The number of nitrogens with one attached hydrogen (secondary N) is 2. The van der Waals surface area contributed by atoms with Gasteiger partial charge in [-0.05, 0) is 43.4 Å². The molecule has 0 aliphatic heterocycles. The monoisotopic (exact) mass is 310 g/mol. The van der Waals surface area contributed by atoms with Gasteiger partial charge in [-0.1, -0.05) is 23.7 Å². The van der Waals surface area contributed by atoms with Gasteiger partial charge in [0, 0.05) is 24.7 Å². The second-order valence-electron chi connectivity index (χ2n) is 5.59. The molecule has 1 fully saturated rings. The summed E-state index contributed by atoms with van der Waals surface area (Å²) < 4.78 is 4.91. The van der Waals surface area contributed by atoms with Gasteiger partial charge in [0.15, 0.2) is 0 Å². The minimum absolute atomic E-state index is 0.0262. The number of methoxy groups -OCH3 is 1. The fourth-order valence-corrected chi connectivity index (χ4v) is 2.84. The molecule has 0 spiro atoms. The van der Waals surface area contributed by atoms with Crippen molar-refractivity contribution in [1.82, 2.24) is 10.6 Å². The molecular weight excluding hydrogens is 288 g/mol. The number of carbonyl (C=O) groups is 1. The summed E-state index contributed by atoms with van der Waals surface area (Å²) in [7, 11) is 1.62. The van der Waals surface area contributed by atoms with E-state index in [4.69, 9.17) is 16.3 Å². The number of rotatable bonds is 7. The molecule has 0 bridgehead atoms. The molecule has 1 aliphatic rings. The van der Waals surface area contributed by atoms with E-state index in [1.165, 1.54) is 5.56 Å². The quantitative estimate of drug-likeness (QED) is 0.760. The second kappa shape index (κ2) is 7.78. The molecular formula is C16H23ClN2O2. The lowest BCUT2D eigenvalue weighted by atomic mass is 9.75. The summed E-state index contributed by atoms with van der Waals surface area (Å²) in [6.07, 6.45) is 2.10. The molecule has 1 amide bonds. The van der Waals surface area contributed by atoms with Crippen LogP contribution in [0, 0.1) is 0 Å². The highest BCUT2D eigenvalue weighted by Crippen LogP contribution is 2.37. The summed E-state index contributed by atoms with van der Waals surface area (Å²) in [6.45, 7) is 2.99. The van der Waals surface area contributed by atoms with Crippen LogP contribution >= 0.6 is 11.6 Å². The third kappa shape index (κ3) is 4.70. The van der Waals surface area contributed by atoms with Gasteiger partial charge in [0.25, 0.3) is 0 Å². The molecule has 2 rings (SSSR count). The maximum absolute atomic E-state index is 11.8. The van der Waals surface area contributed by atoms with Gasteiger partial charge in [-0.25, -0.2) is 0 Å². The van der Waals surface area contributed by atoms with Crippen LogP contribution < -0.4 is 10.6 Å². The lowest BCUT2D eigenvalue weighted by Crippen LogP contribution is -2.51. The molecule has 1 aliphatic carbocycles. The summed E-state index contributed by atoms with van der Waals surface area (Å²) in [5.74, 6) is 0.572. The lowest BCUT2D eigenvalue weighted by Gasteiger charge is -2.38. The standard InChI is InChI=1S/C16H23ClN2O2/c1-11(16(20)18-6-7-21-2)19-15-9-13(10-15)12-4-3-5-14(17)8-12/h3-5,8,11,13,15,19H,6-7,9-10H2,1-2H3,(H,18,20). The van der Waals surface area contributed by atoms with Crippen molar-refractivity contribution >= 4 is 17.5 Å². The first-order valence-corrected chi connectivity index (χ1v) is 7.76. The third-order valence-corrected chi connectivity index (χ3v) is 4.18. The fourth-order valence-electron chi connectivity index (χ4n) is 2.65. The number of halogens is 1. The number of hydrogen-bond acceptors (Lipinski definition) is 3. The Morgan fingerprint density at radius 1 is 1.48 bits per heavy atom. The fraction of sp³-hybridized carbons (Fsp3) is 0.562. The van der Waals surface area contributed by atoms with Crippen LogP contribution in [0.4, 0.5) is 0 Å². The molecule has 1 atom stereocenters. The zero-order chi connectivity index (χ0) is 15.2. The zero-order valence-electron chi connectivity index (χ0n) is 12.6. The number of carbonyl (C=O) groups excluding carboxylic acids is 1. The molecule has 21 heavy (non-hydrogen) atoms. The van der Waals surface area contributed by atoms with E-state index in [1.807, 2.05) is 25.1 Å². The summed E-state index contributed by atoms with van der Waals surface area (Å²) in [5.41, 5.74) is 1.29. The highest BCUT2D eigenvalue weighted by molar-refractivity contribution is 6.30.